The highest BCUT2D eigenvalue weighted by Crippen LogP contribution is 2.29. The monoisotopic (exact) mass is 400 g/mol. The number of rotatable bonds is 6. The lowest BCUT2D eigenvalue weighted by atomic mass is 10.1. The molecule has 0 aliphatic rings. The Bertz CT molecular complexity index is 1090. The number of benzene rings is 3. The highest BCUT2D eigenvalue weighted by atomic mass is 19.1. The first kappa shape index (κ1) is 19.5. The average molecular weight is 400 g/mol. The molecule has 0 spiro atoms. The topological polar surface area (TPSA) is 42.0 Å². The first-order chi connectivity index (χ1) is 14.6. The SMILES string of the molecule is O=CCc1ccc(Nc2cc(-c3ccc(F)cc3)nc(-c3ccc(F)cc3)c2)cc1. The van der Waals surface area contributed by atoms with Crippen LogP contribution in [0.25, 0.3) is 22.5 Å². The molecule has 0 saturated carbocycles. The number of carbonyl (C=O) groups is 1. The van der Waals surface area contributed by atoms with Crippen LogP contribution in [0.1, 0.15) is 5.56 Å². The van der Waals surface area contributed by atoms with Gasteiger partial charge < -0.3 is 10.1 Å². The number of nitrogens with zero attached hydrogens (tertiary/aromatic N) is 1. The molecule has 1 N–H and O–H groups in total. The minimum Gasteiger partial charge on any atom is -0.355 e. The zero-order chi connectivity index (χ0) is 20.9. The predicted molar refractivity (Wildman–Crippen MR) is 115 cm³/mol. The van der Waals surface area contributed by atoms with Crippen LogP contribution in [0.4, 0.5) is 20.2 Å². The summed E-state index contributed by atoms with van der Waals surface area (Å²) >= 11 is 0. The summed E-state index contributed by atoms with van der Waals surface area (Å²) in [7, 11) is 0. The van der Waals surface area contributed by atoms with Gasteiger partial charge >= 0.3 is 0 Å². The van der Waals surface area contributed by atoms with E-state index in [-0.39, 0.29) is 11.6 Å². The molecule has 0 bridgehead atoms. The highest BCUT2D eigenvalue weighted by Gasteiger charge is 2.09. The molecule has 1 heterocycles. The van der Waals surface area contributed by atoms with Crippen LogP contribution in [-0.4, -0.2) is 11.3 Å². The molecule has 5 heteroatoms. The molecule has 4 rings (SSSR count). The number of halogens is 2. The maximum Gasteiger partial charge on any atom is 0.124 e. The van der Waals surface area contributed by atoms with Crippen LogP contribution in [0.3, 0.4) is 0 Å². The van der Waals surface area contributed by atoms with Crippen molar-refractivity contribution >= 4 is 17.7 Å². The van der Waals surface area contributed by atoms with Crippen LogP contribution in [0.15, 0.2) is 84.9 Å². The number of anilines is 2. The van der Waals surface area contributed by atoms with Crippen LogP contribution in [0.2, 0.25) is 0 Å². The van der Waals surface area contributed by atoms with E-state index in [1.165, 1.54) is 24.3 Å². The van der Waals surface area contributed by atoms with E-state index in [4.69, 9.17) is 0 Å². The van der Waals surface area contributed by atoms with Gasteiger partial charge in [-0.25, -0.2) is 13.8 Å². The van der Waals surface area contributed by atoms with Crippen molar-refractivity contribution in [2.45, 2.75) is 6.42 Å². The molecule has 3 nitrogen and oxygen atoms in total. The Morgan fingerprint density at radius 2 is 1.20 bits per heavy atom. The molecular formula is C25H18F2N2O. The number of pyridine rings is 1. The standard InChI is InChI=1S/C25H18F2N2O/c26-20-7-3-18(4-8-20)24-15-23(28-22-11-1-17(2-12-22)13-14-30)16-25(29-24)19-5-9-21(27)10-6-19/h1-12,14-16H,13H2,(H,28,29). The van der Waals surface area contributed by atoms with Gasteiger partial charge in [0, 0.05) is 28.9 Å². The molecule has 0 atom stereocenters. The normalized spacial score (nSPS) is 10.6. The van der Waals surface area contributed by atoms with Gasteiger partial charge in [-0.15, -0.1) is 0 Å². The smallest absolute Gasteiger partial charge is 0.124 e. The van der Waals surface area contributed by atoms with Gasteiger partial charge in [0.05, 0.1) is 11.4 Å². The fraction of sp³-hybridized carbons (Fsp3) is 0.0400. The molecule has 4 aromatic rings. The summed E-state index contributed by atoms with van der Waals surface area (Å²) in [5.74, 6) is -0.635. The minimum atomic E-state index is -0.317. The summed E-state index contributed by atoms with van der Waals surface area (Å²) in [6.45, 7) is 0. The van der Waals surface area contributed by atoms with E-state index < -0.39 is 0 Å². The third-order valence-corrected chi connectivity index (χ3v) is 4.67. The van der Waals surface area contributed by atoms with Crippen molar-refractivity contribution in [1.82, 2.24) is 4.98 Å². The van der Waals surface area contributed by atoms with E-state index in [2.05, 4.69) is 10.3 Å². The Kier molecular flexibility index (Phi) is 5.61. The second kappa shape index (κ2) is 8.66. The number of aromatic nitrogens is 1. The molecule has 0 saturated heterocycles. The molecule has 0 aliphatic carbocycles. The molecule has 30 heavy (non-hydrogen) atoms. The van der Waals surface area contributed by atoms with E-state index in [0.29, 0.717) is 17.8 Å². The predicted octanol–water partition coefficient (Wildman–Crippen LogP) is 6.18. The zero-order valence-electron chi connectivity index (χ0n) is 16.0. The lowest BCUT2D eigenvalue weighted by molar-refractivity contribution is -0.107. The fourth-order valence-electron chi connectivity index (χ4n) is 3.13. The number of carbonyl (C=O) groups excluding carboxylic acids is 1. The Balaban J connectivity index is 1.73. The molecule has 0 amide bonds. The maximum atomic E-state index is 13.3. The summed E-state index contributed by atoms with van der Waals surface area (Å²) in [4.78, 5) is 15.4. The molecule has 0 fully saturated rings. The van der Waals surface area contributed by atoms with E-state index >= 15 is 0 Å². The van der Waals surface area contributed by atoms with Gasteiger partial charge in [0.1, 0.15) is 17.9 Å². The summed E-state index contributed by atoms with van der Waals surface area (Å²) in [5, 5.41) is 3.34. The number of nitrogens with one attached hydrogen (secondary N) is 1. The quantitative estimate of drug-likeness (QED) is 0.393. The van der Waals surface area contributed by atoms with Gasteiger partial charge in [0.25, 0.3) is 0 Å². The van der Waals surface area contributed by atoms with Crippen molar-refractivity contribution in [3.63, 3.8) is 0 Å². The van der Waals surface area contributed by atoms with Crippen LogP contribution in [0, 0.1) is 11.6 Å². The zero-order valence-corrected chi connectivity index (χ0v) is 16.0. The third-order valence-electron chi connectivity index (χ3n) is 4.67. The van der Waals surface area contributed by atoms with Gasteiger partial charge in [-0.3, -0.25) is 0 Å². The largest absolute Gasteiger partial charge is 0.355 e. The van der Waals surface area contributed by atoms with Gasteiger partial charge in [0.2, 0.25) is 0 Å². The Morgan fingerprint density at radius 3 is 1.67 bits per heavy atom. The second-order valence-electron chi connectivity index (χ2n) is 6.83. The van der Waals surface area contributed by atoms with Crippen molar-refractivity contribution in [3.8, 4) is 22.5 Å². The average Bonchev–Trinajstić information content (AvgIpc) is 2.76. The lowest BCUT2D eigenvalue weighted by Gasteiger charge is -2.12. The molecule has 1 aromatic heterocycles. The first-order valence-electron chi connectivity index (χ1n) is 9.44. The van der Waals surface area contributed by atoms with E-state index in [1.54, 1.807) is 24.3 Å². The number of aldehydes is 1. The van der Waals surface area contributed by atoms with E-state index in [9.17, 15) is 13.6 Å². The minimum absolute atomic E-state index is 0.317. The molecule has 3 aromatic carbocycles. The van der Waals surface area contributed by atoms with Crippen LogP contribution in [-0.2, 0) is 11.2 Å². The van der Waals surface area contributed by atoms with Gasteiger partial charge in [-0.2, -0.15) is 0 Å². The molecule has 0 radical (unpaired) electrons. The first-order valence-corrected chi connectivity index (χ1v) is 9.44. The van der Waals surface area contributed by atoms with Crippen molar-refractivity contribution in [3.05, 3.63) is 102 Å². The van der Waals surface area contributed by atoms with Crippen molar-refractivity contribution < 1.29 is 13.6 Å². The summed E-state index contributed by atoms with van der Waals surface area (Å²) in [6, 6.07) is 23.6. The highest BCUT2D eigenvalue weighted by molar-refractivity contribution is 5.74. The fourth-order valence-corrected chi connectivity index (χ4v) is 3.13. The van der Waals surface area contributed by atoms with Crippen LogP contribution < -0.4 is 5.32 Å². The number of hydrogen-bond donors (Lipinski definition) is 1. The van der Waals surface area contributed by atoms with Gasteiger partial charge in [-0.1, -0.05) is 12.1 Å². The second-order valence-corrected chi connectivity index (χ2v) is 6.83. The molecule has 0 aliphatic heterocycles. The number of hydrogen-bond acceptors (Lipinski definition) is 3. The van der Waals surface area contributed by atoms with Crippen molar-refractivity contribution in [2.75, 3.05) is 5.32 Å². The summed E-state index contributed by atoms with van der Waals surface area (Å²) in [5.41, 5.74) is 5.44. The molecule has 148 valence electrons. The van der Waals surface area contributed by atoms with Crippen molar-refractivity contribution in [2.24, 2.45) is 0 Å². The van der Waals surface area contributed by atoms with Gasteiger partial charge in [0.15, 0.2) is 0 Å². The maximum absolute atomic E-state index is 13.3. The molecular weight excluding hydrogens is 382 g/mol. The molecule has 0 unspecified atom stereocenters. The Hall–Kier alpha value is -3.86. The Morgan fingerprint density at radius 1 is 0.700 bits per heavy atom. The van der Waals surface area contributed by atoms with E-state index in [0.717, 1.165) is 34.4 Å². The van der Waals surface area contributed by atoms with E-state index in [1.807, 2.05) is 36.4 Å². The third kappa shape index (κ3) is 4.58. The summed E-state index contributed by atoms with van der Waals surface area (Å²) in [6.07, 6.45) is 1.24. The van der Waals surface area contributed by atoms with Gasteiger partial charge in [-0.05, 0) is 78.4 Å². The van der Waals surface area contributed by atoms with Crippen LogP contribution >= 0.6 is 0 Å². The van der Waals surface area contributed by atoms with Crippen LogP contribution in [0.5, 0.6) is 0 Å². The Labute approximate surface area is 173 Å². The summed E-state index contributed by atoms with van der Waals surface area (Å²) < 4.78 is 26.7. The van der Waals surface area contributed by atoms with Crippen molar-refractivity contribution in [1.29, 1.82) is 0 Å². The lowest BCUT2D eigenvalue weighted by Crippen LogP contribution is -1.96.